The SMILES string of the molecule is C[C@H]1Oc2ccccc2O[C@H]1C(=O)Nc1cc2c(cc1Cl)OCO2. The number of halogens is 1. The Bertz CT molecular complexity index is 810. The number of benzene rings is 2. The van der Waals surface area contributed by atoms with E-state index >= 15 is 0 Å². The summed E-state index contributed by atoms with van der Waals surface area (Å²) in [6.07, 6.45) is -1.23. The van der Waals surface area contributed by atoms with Crippen LogP contribution in [0.25, 0.3) is 0 Å². The Kier molecular flexibility index (Phi) is 3.61. The van der Waals surface area contributed by atoms with E-state index in [1.54, 1.807) is 31.2 Å². The van der Waals surface area contributed by atoms with Gasteiger partial charge in [-0.3, -0.25) is 4.79 Å². The van der Waals surface area contributed by atoms with Crippen LogP contribution in [0, 0.1) is 0 Å². The quantitative estimate of drug-likeness (QED) is 0.903. The molecule has 2 aromatic rings. The van der Waals surface area contributed by atoms with Gasteiger partial charge >= 0.3 is 0 Å². The molecule has 0 saturated heterocycles. The maximum Gasteiger partial charge on any atom is 0.269 e. The summed E-state index contributed by atoms with van der Waals surface area (Å²) in [5.41, 5.74) is 0.431. The lowest BCUT2D eigenvalue weighted by Gasteiger charge is -2.31. The van der Waals surface area contributed by atoms with Crippen molar-refractivity contribution in [1.29, 1.82) is 0 Å². The maximum absolute atomic E-state index is 12.6. The van der Waals surface area contributed by atoms with Gasteiger partial charge in [-0.25, -0.2) is 0 Å². The number of ether oxygens (including phenoxy) is 4. The van der Waals surface area contributed by atoms with Crippen LogP contribution in [0.4, 0.5) is 5.69 Å². The lowest BCUT2D eigenvalue weighted by atomic mass is 10.1. The molecule has 0 bridgehead atoms. The second-order valence-corrected chi connectivity index (χ2v) is 5.89. The fourth-order valence-corrected chi connectivity index (χ4v) is 2.82. The van der Waals surface area contributed by atoms with Crippen LogP contribution in [-0.4, -0.2) is 24.9 Å². The predicted octanol–water partition coefficient (Wildman–Crippen LogP) is 3.24. The van der Waals surface area contributed by atoms with Gasteiger partial charge in [-0.2, -0.15) is 0 Å². The molecular formula is C17H14ClNO5. The highest BCUT2D eigenvalue weighted by atomic mass is 35.5. The third-order valence-corrected chi connectivity index (χ3v) is 4.13. The molecule has 7 heteroatoms. The largest absolute Gasteiger partial charge is 0.482 e. The van der Waals surface area contributed by atoms with Crippen LogP contribution < -0.4 is 24.3 Å². The molecule has 4 rings (SSSR count). The van der Waals surface area contributed by atoms with Gasteiger partial charge in [0.2, 0.25) is 12.9 Å². The predicted molar refractivity (Wildman–Crippen MR) is 87.2 cm³/mol. The molecule has 124 valence electrons. The number of hydrogen-bond acceptors (Lipinski definition) is 5. The molecule has 2 aromatic carbocycles. The number of para-hydroxylation sites is 2. The van der Waals surface area contributed by atoms with Gasteiger partial charge in [-0.1, -0.05) is 23.7 Å². The molecule has 2 aliphatic heterocycles. The summed E-state index contributed by atoms with van der Waals surface area (Å²) in [7, 11) is 0. The third-order valence-electron chi connectivity index (χ3n) is 3.82. The molecule has 2 heterocycles. The first-order valence-electron chi connectivity index (χ1n) is 7.44. The van der Waals surface area contributed by atoms with Crippen molar-refractivity contribution in [1.82, 2.24) is 0 Å². The van der Waals surface area contributed by atoms with E-state index in [1.807, 2.05) is 12.1 Å². The first kappa shape index (κ1) is 15.0. The lowest BCUT2D eigenvalue weighted by molar-refractivity contribution is -0.128. The van der Waals surface area contributed by atoms with Gasteiger partial charge in [0.25, 0.3) is 5.91 Å². The molecule has 1 amide bonds. The maximum atomic E-state index is 12.6. The molecule has 0 aromatic heterocycles. The summed E-state index contributed by atoms with van der Waals surface area (Å²) in [5, 5.41) is 3.12. The summed E-state index contributed by atoms with van der Waals surface area (Å²) in [6.45, 7) is 1.91. The van der Waals surface area contributed by atoms with Crippen LogP contribution in [0.2, 0.25) is 5.02 Å². The number of carbonyl (C=O) groups is 1. The second-order valence-electron chi connectivity index (χ2n) is 5.48. The van der Waals surface area contributed by atoms with Crippen LogP contribution in [0.1, 0.15) is 6.92 Å². The summed E-state index contributed by atoms with van der Waals surface area (Å²) in [5.74, 6) is 1.90. The molecule has 0 unspecified atom stereocenters. The van der Waals surface area contributed by atoms with Gasteiger partial charge in [0, 0.05) is 12.1 Å². The highest BCUT2D eigenvalue weighted by molar-refractivity contribution is 6.34. The number of nitrogens with one attached hydrogen (secondary N) is 1. The number of carbonyl (C=O) groups excluding carboxylic acids is 1. The van der Waals surface area contributed by atoms with E-state index in [-0.39, 0.29) is 12.7 Å². The zero-order valence-electron chi connectivity index (χ0n) is 12.7. The number of rotatable bonds is 2. The van der Waals surface area contributed by atoms with Gasteiger partial charge in [0.1, 0.15) is 6.10 Å². The van der Waals surface area contributed by atoms with Gasteiger partial charge in [0.15, 0.2) is 23.0 Å². The molecule has 0 spiro atoms. The van der Waals surface area contributed by atoms with E-state index < -0.39 is 12.2 Å². The van der Waals surface area contributed by atoms with Crippen LogP contribution >= 0.6 is 11.6 Å². The first-order valence-corrected chi connectivity index (χ1v) is 7.82. The molecule has 0 fully saturated rings. The fraction of sp³-hybridized carbons (Fsp3) is 0.235. The average molecular weight is 348 g/mol. The van der Waals surface area contributed by atoms with Crippen molar-refractivity contribution in [3.8, 4) is 23.0 Å². The Morgan fingerprint density at radius 1 is 1.08 bits per heavy atom. The summed E-state index contributed by atoms with van der Waals surface area (Å²) < 4.78 is 22.1. The minimum absolute atomic E-state index is 0.135. The molecule has 24 heavy (non-hydrogen) atoms. The van der Waals surface area contributed by atoms with Crippen LogP contribution in [0.15, 0.2) is 36.4 Å². The molecule has 1 N–H and O–H groups in total. The Labute approximate surface area is 143 Å². The minimum atomic E-state index is -0.790. The number of hydrogen-bond donors (Lipinski definition) is 1. The normalized spacial score (nSPS) is 20.6. The number of amides is 1. The van der Waals surface area contributed by atoms with E-state index in [0.717, 1.165) is 0 Å². The van der Waals surface area contributed by atoms with Gasteiger partial charge < -0.3 is 24.3 Å². The number of anilines is 1. The zero-order valence-corrected chi connectivity index (χ0v) is 13.5. The Morgan fingerprint density at radius 3 is 2.50 bits per heavy atom. The topological polar surface area (TPSA) is 66.0 Å². The van der Waals surface area contributed by atoms with E-state index in [4.69, 9.17) is 30.5 Å². The van der Waals surface area contributed by atoms with E-state index in [0.29, 0.717) is 33.7 Å². The third kappa shape index (κ3) is 2.59. The zero-order chi connectivity index (χ0) is 16.7. The van der Waals surface area contributed by atoms with E-state index in [9.17, 15) is 4.79 Å². The molecule has 0 radical (unpaired) electrons. The van der Waals surface area contributed by atoms with Gasteiger partial charge in [-0.05, 0) is 19.1 Å². The smallest absolute Gasteiger partial charge is 0.269 e. The van der Waals surface area contributed by atoms with Crippen molar-refractivity contribution < 1.29 is 23.7 Å². The Hall–Kier alpha value is -2.60. The standard InChI is InChI=1S/C17H14ClNO5/c1-9-16(24-13-5-3-2-4-12(13)23-9)17(20)19-11-7-15-14(6-10(11)18)21-8-22-15/h2-7,9,16H,8H2,1H3,(H,19,20)/t9-,16-/m1/s1. The summed E-state index contributed by atoms with van der Waals surface area (Å²) >= 11 is 6.19. The van der Waals surface area contributed by atoms with Crippen molar-refractivity contribution >= 4 is 23.2 Å². The Morgan fingerprint density at radius 2 is 1.75 bits per heavy atom. The van der Waals surface area contributed by atoms with Gasteiger partial charge in [0.05, 0.1) is 10.7 Å². The molecule has 2 atom stereocenters. The highest BCUT2D eigenvalue weighted by Crippen LogP contribution is 2.39. The molecule has 0 saturated carbocycles. The average Bonchev–Trinajstić information content (AvgIpc) is 3.01. The molecule has 0 aliphatic carbocycles. The van der Waals surface area contributed by atoms with Crippen molar-refractivity contribution in [3.63, 3.8) is 0 Å². The summed E-state index contributed by atoms with van der Waals surface area (Å²) in [6, 6.07) is 10.5. The van der Waals surface area contributed by atoms with Crippen LogP contribution in [0.3, 0.4) is 0 Å². The minimum Gasteiger partial charge on any atom is -0.482 e. The molecular weight excluding hydrogens is 334 g/mol. The Balaban J connectivity index is 1.55. The van der Waals surface area contributed by atoms with Gasteiger partial charge in [-0.15, -0.1) is 0 Å². The van der Waals surface area contributed by atoms with E-state index in [1.165, 1.54) is 0 Å². The van der Waals surface area contributed by atoms with Crippen molar-refractivity contribution in [2.24, 2.45) is 0 Å². The van der Waals surface area contributed by atoms with Crippen LogP contribution in [-0.2, 0) is 4.79 Å². The van der Waals surface area contributed by atoms with Crippen molar-refractivity contribution in [2.45, 2.75) is 19.1 Å². The van der Waals surface area contributed by atoms with Crippen molar-refractivity contribution in [3.05, 3.63) is 41.4 Å². The number of fused-ring (bicyclic) bond motifs is 2. The first-order chi connectivity index (χ1) is 11.6. The fourth-order valence-electron chi connectivity index (χ4n) is 2.62. The lowest BCUT2D eigenvalue weighted by Crippen LogP contribution is -2.46. The monoisotopic (exact) mass is 347 g/mol. The van der Waals surface area contributed by atoms with Crippen molar-refractivity contribution in [2.75, 3.05) is 12.1 Å². The molecule has 6 nitrogen and oxygen atoms in total. The second kappa shape index (κ2) is 5.79. The molecule has 2 aliphatic rings. The van der Waals surface area contributed by atoms with Crippen LogP contribution in [0.5, 0.6) is 23.0 Å². The summed E-state index contributed by atoms with van der Waals surface area (Å²) in [4.78, 5) is 12.6. The highest BCUT2D eigenvalue weighted by Gasteiger charge is 2.34. The van der Waals surface area contributed by atoms with E-state index in [2.05, 4.69) is 5.32 Å².